The largest absolute Gasteiger partial charge is 0.324 e. The fourth-order valence-corrected chi connectivity index (χ4v) is 2.49. The van der Waals surface area contributed by atoms with E-state index in [1.54, 1.807) is 0 Å². The summed E-state index contributed by atoms with van der Waals surface area (Å²) in [6.45, 7) is 6.40. The van der Waals surface area contributed by atoms with Crippen LogP contribution >= 0.6 is 11.6 Å². The Kier molecular flexibility index (Phi) is 4.28. The minimum absolute atomic E-state index is 0.0282. The molecule has 0 radical (unpaired) electrons. The zero-order valence-electron chi connectivity index (χ0n) is 11.7. The summed E-state index contributed by atoms with van der Waals surface area (Å²) in [6, 6.07) is 12.4. The first kappa shape index (κ1) is 14.1. The van der Waals surface area contributed by atoms with Crippen molar-refractivity contribution in [2.75, 3.05) is 0 Å². The van der Waals surface area contributed by atoms with Crippen LogP contribution in [0.15, 0.2) is 36.4 Å². The zero-order chi connectivity index (χ0) is 14.0. The molecule has 0 aromatic heterocycles. The molecule has 19 heavy (non-hydrogen) atoms. The van der Waals surface area contributed by atoms with Gasteiger partial charge >= 0.3 is 0 Å². The molecule has 0 spiro atoms. The van der Waals surface area contributed by atoms with E-state index in [4.69, 9.17) is 17.3 Å². The third-order valence-corrected chi connectivity index (χ3v) is 3.90. The number of rotatable bonds is 3. The Morgan fingerprint density at radius 3 is 2.16 bits per heavy atom. The minimum Gasteiger partial charge on any atom is -0.324 e. The molecule has 1 nitrogen and oxygen atoms in total. The van der Waals surface area contributed by atoms with Gasteiger partial charge in [-0.05, 0) is 67.1 Å². The number of hydrogen-bond acceptors (Lipinski definition) is 1. The van der Waals surface area contributed by atoms with E-state index in [1.165, 1.54) is 27.8 Å². The van der Waals surface area contributed by atoms with Crippen molar-refractivity contribution in [3.8, 4) is 0 Å². The van der Waals surface area contributed by atoms with Gasteiger partial charge in [0.2, 0.25) is 0 Å². The molecular weight excluding hydrogens is 254 g/mol. The van der Waals surface area contributed by atoms with E-state index in [0.29, 0.717) is 0 Å². The molecule has 0 aliphatic rings. The first-order valence-corrected chi connectivity index (χ1v) is 6.93. The standard InChI is InChI=1S/C17H20ClN/c1-11-8-13(3)16(9-12(11)2)17(19)10-14-4-6-15(18)7-5-14/h4-9,17H,10,19H2,1-3H3. The summed E-state index contributed by atoms with van der Waals surface area (Å²) in [4.78, 5) is 0. The van der Waals surface area contributed by atoms with Crippen molar-refractivity contribution in [3.63, 3.8) is 0 Å². The normalized spacial score (nSPS) is 12.5. The summed E-state index contributed by atoms with van der Waals surface area (Å²) in [5, 5.41) is 0.764. The zero-order valence-corrected chi connectivity index (χ0v) is 12.5. The van der Waals surface area contributed by atoms with Gasteiger partial charge in [0.05, 0.1) is 0 Å². The van der Waals surface area contributed by atoms with Gasteiger partial charge in [-0.15, -0.1) is 0 Å². The van der Waals surface area contributed by atoms with Gasteiger partial charge in [0, 0.05) is 11.1 Å². The number of hydrogen-bond donors (Lipinski definition) is 1. The highest BCUT2D eigenvalue weighted by atomic mass is 35.5. The molecule has 0 aliphatic carbocycles. The molecule has 2 N–H and O–H groups in total. The lowest BCUT2D eigenvalue weighted by molar-refractivity contribution is 0.715. The molecule has 0 amide bonds. The molecule has 0 fully saturated rings. The van der Waals surface area contributed by atoms with Crippen molar-refractivity contribution in [2.45, 2.75) is 33.2 Å². The second-order valence-corrected chi connectivity index (χ2v) is 5.67. The van der Waals surface area contributed by atoms with Crippen LogP contribution in [-0.2, 0) is 6.42 Å². The molecule has 1 atom stereocenters. The van der Waals surface area contributed by atoms with E-state index in [2.05, 4.69) is 32.9 Å². The van der Waals surface area contributed by atoms with E-state index >= 15 is 0 Å². The highest BCUT2D eigenvalue weighted by molar-refractivity contribution is 6.30. The number of halogens is 1. The summed E-state index contributed by atoms with van der Waals surface area (Å²) in [6.07, 6.45) is 0.834. The van der Waals surface area contributed by atoms with Crippen molar-refractivity contribution >= 4 is 11.6 Å². The maximum Gasteiger partial charge on any atom is 0.0406 e. The van der Waals surface area contributed by atoms with E-state index in [9.17, 15) is 0 Å². The number of aryl methyl sites for hydroxylation is 3. The summed E-state index contributed by atoms with van der Waals surface area (Å²) < 4.78 is 0. The predicted octanol–water partition coefficient (Wildman–Crippen LogP) is 4.51. The van der Waals surface area contributed by atoms with Crippen LogP contribution in [0.5, 0.6) is 0 Å². The van der Waals surface area contributed by atoms with Crippen LogP contribution in [-0.4, -0.2) is 0 Å². The lowest BCUT2D eigenvalue weighted by atomic mass is 9.93. The Bertz CT molecular complexity index is 573. The van der Waals surface area contributed by atoms with E-state index in [1.807, 2.05) is 24.3 Å². The van der Waals surface area contributed by atoms with Crippen molar-refractivity contribution in [3.05, 3.63) is 69.2 Å². The molecule has 2 aromatic rings. The van der Waals surface area contributed by atoms with E-state index in [0.717, 1.165) is 11.4 Å². The van der Waals surface area contributed by atoms with E-state index in [-0.39, 0.29) is 6.04 Å². The van der Waals surface area contributed by atoms with Crippen molar-refractivity contribution in [1.82, 2.24) is 0 Å². The van der Waals surface area contributed by atoms with Gasteiger partial charge in [0.15, 0.2) is 0 Å². The highest BCUT2D eigenvalue weighted by Gasteiger charge is 2.11. The summed E-state index contributed by atoms with van der Waals surface area (Å²) in [5.74, 6) is 0. The molecular formula is C17H20ClN. The molecule has 2 heteroatoms. The summed E-state index contributed by atoms with van der Waals surface area (Å²) in [5.41, 5.74) is 12.7. The number of nitrogens with two attached hydrogens (primary N) is 1. The Labute approximate surface area is 120 Å². The number of benzene rings is 2. The van der Waals surface area contributed by atoms with Gasteiger partial charge in [-0.3, -0.25) is 0 Å². The van der Waals surface area contributed by atoms with Crippen LogP contribution in [0.1, 0.15) is 33.9 Å². The molecule has 0 saturated heterocycles. The monoisotopic (exact) mass is 273 g/mol. The van der Waals surface area contributed by atoms with Crippen LogP contribution in [0.3, 0.4) is 0 Å². The first-order valence-electron chi connectivity index (χ1n) is 6.55. The smallest absolute Gasteiger partial charge is 0.0406 e. The molecule has 0 aliphatic heterocycles. The van der Waals surface area contributed by atoms with Gasteiger partial charge in [0.1, 0.15) is 0 Å². The maximum atomic E-state index is 6.35. The van der Waals surface area contributed by atoms with Crippen LogP contribution in [0, 0.1) is 20.8 Å². The third-order valence-electron chi connectivity index (χ3n) is 3.65. The average Bonchev–Trinajstić information content (AvgIpc) is 2.36. The molecule has 0 bridgehead atoms. The van der Waals surface area contributed by atoms with Gasteiger partial charge in [-0.2, -0.15) is 0 Å². The molecule has 100 valence electrons. The fourth-order valence-electron chi connectivity index (χ4n) is 2.37. The van der Waals surface area contributed by atoms with Crippen LogP contribution in [0.4, 0.5) is 0 Å². The predicted molar refractivity (Wildman–Crippen MR) is 82.7 cm³/mol. The Morgan fingerprint density at radius 1 is 0.947 bits per heavy atom. The lowest BCUT2D eigenvalue weighted by Crippen LogP contribution is -2.15. The van der Waals surface area contributed by atoms with Crippen molar-refractivity contribution in [2.24, 2.45) is 5.73 Å². The first-order chi connectivity index (χ1) is 8.97. The van der Waals surface area contributed by atoms with Gasteiger partial charge < -0.3 is 5.73 Å². The second-order valence-electron chi connectivity index (χ2n) is 5.23. The van der Waals surface area contributed by atoms with E-state index < -0.39 is 0 Å². The molecule has 1 unspecified atom stereocenters. The van der Waals surface area contributed by atoms with Gasteiger partial charge in [-0.25, -0.2) is 0 Å². The van der Waals surface area contributed by atoms with Crippen LogP contribution < -0.4 is 5.73 Å². The summed E-state index contributed by atoms with van der Waals surface area (Å²) >= 11 is 5.90. The van der Waals surface area contributed by atoms with Crippen molar-refractivity contribution in [1.29, 1.82) is 0 Å². The van der Waals surface area contributed by atoms with Gasteiger partial charge in [0.25, 0.3) is 0 Å². The highest BCUT2D eigenvalue weighted by Crippen LogP contribution is 2.23. The molecule has 0 heterocycles. The minimum atomic E-state index is 0.0282. The van der Waals surface area contributed by atoms with Gasteiger partial charge in [-0.1, -0.05) is 35.9 Å². The third kappa shape index (κ3) is 3.37. The topological polar surface area (TPSA) is 26.0 Å². The Morgan fingerprint density at radius 2 is 1.53 bits per heavy atom. The summed E-state index contributed by atoms with van der Waals surface area (Å²) in [7, 11) is 0. The molecule has 2 rings (SSSR count). The maximum absolute atomic E-state index is 6.35. The Hall–Kier alpha value is -1.31. The van der Waals surface area contributed by atoms with Crippen LogP contribution in [0.2, 0.25) is 5.02 Å². The quantitative estimate of drug-likeness (QED) is 0.875. The fraction of sp³-hybridized carbons (Fsp3) is 0.294. The lowest BCUT2D eigenvalue weighted by Gasteiger charge is -2.17. The average molecular weight is 274 g/mol. The second kappa shape index (κ2) is 5.77. The van der Waals surface area contributed by atoms with Crippen LogP contribution in [0.25, 0.3) is 0 Å². The SMILES string of the molecule is Cc1cc(C)c(C(N)Cc2ccc(Cl)cc2)cc1C. The molecule has 0 saturated carbocycles. The van der Waals surface area contributed by atoms with Crippen molar-refractivity contribution < 1.29 is 0 Å². The Balaban J connectivity index is 2.22. The molecule has 2 aromatic carbocycles.